The molecule has 0 bridgehead atoms. The van der Waals surface area contributed by atoms with Gasteiger partial charge in [0.1, 0.15) is 5.75 Å². The molecular weight excluding hydrogens is 528 g/mol. The third kappa shape index (κ3) is 5.96. The number of aromatic nitrogens is 3. The number of ether oxygens (including phenoxy) is 1. The number of rotatable bonds is 9. The summed E-state index contributed by atoms with van der Waals surface area (Å²) in [6, 6.07) is 17.1. The van der Waals surface area contributed by atoms with Crippen LogP contribution in [-0.4, -0.2) is 47.6 Å². The molecule has 3 N–H and O–H groups in total. The Bertz CT molecular complexity index is 1660. The molecule has 0 spiro atoms. The summed E-state index contributed by atoms with van der Waals surface area (Å²) in [4.78, 5) is 36.6. The highest BCUT2D eigenvalue weighted by Crippen LogP contribution is 2.27. The molecule has 0 saturated carbocycles. The second kappa shape index (κ2) is 11.0. The minimum Gasteiger partial charge on any atom is -0.439 e. The number of carbonyl (C=O) groups excluding carboxylic acids is 2. The number of benzene rings is 2. The zero-order valence-electron chi connectivity index (χ0n) is 19.6. The molecule has 2 aromatic carbocycles. The molecule has 5 rings (SSSR count). The number of nitrogens with one attached hydrogen (secondary N) is 3. The number of para-hydroxylation sites is 1. The minimum atomic E-state index is -3.80. The van der Waals surface area contributed by atoms with Crippen molar-refractivity contribution >= 4 is 55.7 Å². The van der Waals surface area contributed by atoms with Crippen LogP contribution < -0.4 is 20.1 Å². The summed E-state index contributed by atoms with van der Waals surface area (Å²) in [5, 5.41) is 5.99. The van der Waals surface area contributed by atoms with Crippen LogP contribution >= 0.6 is 11.8 Å². The molecule has 0 atom stereocenters. The fourth-order valence-electron chi connectivity index (χ4n) is 3.58. The first-order chi connectivity index (χ1) is 18.4. The number of thioether (sulfide) groups is 1. The molecule has 1 fully saturated rings. The zero-order valence-corrected chi connectivity index (χ0v) is 21.3. The normalized spacial score (nSPS) is 14.6. The van der Waals surface area contributed by atoms with Gasteiger partial charge in [-0.25, -0.2) is 18.1 Å². The number of carbonyl (C=O) groups is 2. The molecule has 1 aliphatic rings. The number of imide groups is 1. The van der Waals surface area contributed by atoms with E-state index < -0.39 is 21.2 Å². The van der Waals surface area contributed by atoms with E-state index in [1.54, 1.807) is 42.7 Å². The lowest BCUT2D eigenvalue weighted by molar-refractivity contribution is -0.115. The van der Waals surface area contributed by atoms with Crippen LogP contribution in [0.25, 0.3) is 16.8 Å². The van der Waals surface area contributed by atoms with Crippen molar-refractivity contribution < 1.29 is 22.7 Å². The van der Waals surface area contributed by atoms with Crippen molar-refractivity contribution in [1.29, 1.82) is 0 Å². The summed E-state index contributed by atoms with van der Waals surface area (Å²) < 4.78 is 34.3. The Morgan fingerprint density at radius 2 is 1.84 bits per heavy atom. The maximum atomic E-state index is 12.9. The Morgan fingerprint density at radius 1 is 1.00 bits per heavy atom. The molecule has 38 heavy (non-hydrogen) atoms. The summed E-state index contributed by atoms with van der Waals surface area (Å²) in [5.41, 5.74) is 0.325. The van der Waals surface area contributed by atoms with Gasteiger partial charge in [0.15, 0.2) is 0 Å². The predicted octanol–water partition coefficient (Wildman–Crippen LogP) is 3.53. The second-order valence-corrected chi connectivity index (χ2v) is 10.6. The number of sulfonamides is 1. The van der Waals surface area contributed by atoms with E-state index in [1.807, 2.05) is 18.2 Å². The van der Waals surface area contributed by atoms with Gasteiger partial charge in [-0.1, -0.05) is 30.3 Å². The Balaban J connectivity index is 1.32. The van der Waals surface area contributed by atoms with Crippen LogP contribution in [0.1, 0.15) is 5.69 Å². The van der Waals surface area contributed by atoms with Gasteiger partial charge >= 0.3 is 0 Å². The van der Waals surface area contributed by atoms with Crippen molar-refractivity contribution in [3.05, 3.63) is 83.7 Å². The standard InChI is InChI=1S/C25H20N6O5S2/c32-23-20(37-25(33)31-23)13-17-14-22(36-18-6-2-1-3-7-18)30-24(29-17)27-11-12-28-38(34,35)21-8-4-5-16-15-26-10-9-19(16)21/h1-10,13-15,28H,11-12H2,(H,27,29,30)(H,31,32,33)/b20-13-. The van der Waals surface area contributed by atoms with Crippen LogP contribution in [0.5, 0.6) is 11.6 Å². The van der Waals surface area contributed by atoms with Gasteiger partial charge < -0.3 is 10.1 Å². The van der Waals surface area contributed by atoms with Gasteiger partial charge in [-0.3, -0.25) is 19.9 Å². The largest absolute Gasteiger partial charge is 0.439 e. The van der Waals surface area contributed by atoms with E-state index in [2.05, 4.69) is 30.3 Å². The van der Waals surface area contributed by atoms with Crippen molar-refractivity contribution in [1.82, 2.24) is 25.0 Å². The van der Waals surface area contributed by atoms with Gasteiger partial charge in [0.2, 0.25) is 21.9 Å². The van der Waals surface area contributed by atoms with Gasteiger partial charge in [-0.2, -0.15) is 4.98 Å². The zero-order chi connectivity index (χ0) is 26.5. The lowest BCUT2D eigenvalue weighted by Crippen LogP contribution is -2.29. The number of amides is 2. The fourth-order valence-corrected chi connectivity index (χ4v) is 5.50. The number of hydrogen-bond acceptors (Lipinski definition) is 10. The second-order valence-electron chi connectivity index (χ2n) is 7.90. The monoisotopic (exact) mass is 548 g/mol. The highest BCUT2D eigenvalue weighted by Gasteiger charge is 2.25. The minimum absolute atomic E-state index is 0.0418. The van der Waals surface area contributed by atoms with Gasteiger partial charge in [-0.15, -0.1) is 0 Å². The maximum absolute atomic E-state index is 12.9. The van der Waals surface area contributed by atoms with Crippen LogP contribution in [0.4, 0.5) is 10.7 Å². The van der Waals surface area contributed by atoms with E-state index in [1.165, 1.54) is 18.2 Å². The maximum Gasteiger partial charge on any atom is 0.290 e. The van der Waals surface area contributed by atoms with E-state index >= 15 is 0 Å². The van der Waals surface area contributed by atoms with Gasteiger partial charge in [0.25, 0.3) is 11.1 Å². The van der Waals surface area contributed by atoms with E-state index in [0.29, 0.717) is 16.8 Å². The van der Waals surface area contributed by atoms with Gasteiger partial charge in [0, 0.05) is 42.3 Å². The molecule has 0 aliphatic carbocycles. The number of fused-ring (bicyclic) bond motifs is 1. The van der Waals surface area contributed by atoms with Crippen LogP contribution in [0, 0.1) is 0 Å². The topological polar surface area (TPSA) is 152 Å². The molecule has 192 valence electrons. The molecule has 3 heterocycles. The third-order valence-electron chi connectivity index (χ3n) is 5.24. The quantitative estimate of drug-likeness (QED) is 0.209. The van der Waals surface area contributed by atoms with E-state index in [9.17, 15) is 18.0 Å². The number of nitrogens with zero attached hydrogens (tertiary/aromatic N) is 3. The van der Waals surface area contributed by atoms with Crippen LogP contribution in [0.3, 0.4) is 0 Å². The Labute approximate surface area is 221 Å². The van der Waals surface area contributed by atoms with Crippen molar-refractivity contribution in [2.75, 3.05) is 18.4 Å². The summed E-state index contributed by atoms with van der Waals surface area (Å²) >= 11 is 0.766. The molecule has 4 aromatic rings. The Morgan fingerprint density at radius 3 is 2.63 bits per heavy atom. The third-order valence-corrected chi connectivity index (χ3v) is 7.57. The average Bonchev–Trinajstić information content (AvgIpc) is 3.22. The first kappa shape index (κ1) is 25.3. The van der Waals surface area contributed by atoms with E-state index in [4.69, 9.17) is 4.74 Å². The molecule has 11 nitrogen and oxygen atoms in total. The van der Waals surface area contributed by atoms with Crippen LogP contribution in [0.2, 0.25) is 0 Å². The molecule has 1 aliphatic heterocycles. The van der Waals surface area contributed by atoms with Crippen molar-refractivity contribution in [3.8, 4) is 11.6 Å². The summed E-state index contributed by atoms with van der Waals surface area (Å²) in [7, 11) is -3.80. The molecule has 1 saturated heterocycles. The molecule has 0 unspecified atom stereocenters. The molecule has 0 radical (unpaired) electrons. The van der Waals surface area contributed by atoms with Gasteiger partial charge in [-0.05, 0) is 42.1 Å². The Hall–Kier alpha value is -4.33. The van der Waals surface area contributed by atoms with Gasteiger partial charge in [0.05, 0.1) is 15.5 Å². The highest BCUT2D eigenvalue weighted by molar-refractivity contribution is 8.18. The smallest absolute Gasteiger partial charge is 0.290 e. The number of pyridine rings is 1. The molecule has 2 aromatic heterocycles. The van der Waals surface area contributed by atoms with Crippen LogP contribution in [-0.2, 0) is 14.8 Å². The summed E-state index contributed by atoms with van der Waals surface area (Å²) in [6.07, 6.45) is 4.60. The summed E-state index contributed by atoms with van der Waals surface area (Å²) in [5.74, 6) is 0.366. The molecule has 2 amide bonds. The van der Waals surface area contributed by atoms with E-state index in [-0.39, 0.29) is 34.7 Å². The average molecular weight is 549 g/mol. The first-order valence-corrected chi connectivity index (χ1v) is 13.6. The van der Waals surface area contributed by atoms with Crippen molar-refractivity contribution in [3.63, 3.8) is 0 Å². The lowest BCUT2D eigenvalue weighted by atomic mass is 10.2. The van der Waals surface area contributed by atoms with Crippen molar-refractivity contribution in [2.45, 2.75) is 4.90 Å². The molecule has 13 heteroatoms. The summed E-state index contributed by atoms with van der Waals surface area (Å²) in [6.45, 7) is 0.199. The fraction of sp³-hybridized carbons (Fsp3) is 0.0800. The van der Waals surface area contributed by atoms with Crippen molar-refractivity contribution in [2.24, 2.45) is 0 Å². The van der Waals surface area contributed by atoms with E-state index in [0.717, 1.165) is 17.1 Å². The lowest BCUT2D eigenvalue weighted by Gasteiger charge is -2.11. The van der Waals surface area contributed by atoms with Crippen LogP contribution in [0.15, 0.2) is 82.9 Å². The highest BCUT2D eigenvalue weighted by atomic mass is 32.2. The number of hydrogen-bond donors (Lipinski definition) is 3. The number of anilines is 1. The first-order valence-electron chi connectivity index (χ1n) is 11.3. The predicted molar refractivity (Wildman–Crippen MR) is 143 cm³/mol. The Kier molecular flexibility index (Phi) is 7.31. The molecular formula is C25H20N6O5S2. The SMILES string of the molecule is O=C1NC(=O)/C(=C/c2cc(Oc3ccccc3)nc(NCCNS(=O)(=O)c3cccc4cnccc34)n2)S1.